The quantitative estimate of drug-likeness (QED) is 0.685. The molecular formula is C16H14N4S. The van der Waals surface area contributed by atoms with Gasteiger partial charge in [-0.25, -0.2) is 4.68 Å². The van der Waals surface area contributed by atoms with Crippen LogP contribution in [0.25, 0.3) is 11.3 Å². The zero-order valence-electron chi connectivity index (χ0n) is 11.5. The van der Waals surface area contributed by atoms with E-state index in [4.69, 9.17) is 0 Å². The number of benzene rings is 1. The second-order valence-corrected chi connectivity index (χ2v) is 5.14. The highest BCUT2D eigenvalue weighted by Crippen LogP contribution is 2.19. The molecule has 0 saturated heterocycles. The van der Waals surface area contributed by atoms with Crippen molar-refractivity contribution in [2.75, 3.05) is 7.05 Å². The molecule has 0 aliphatic rings. The predicted octanol–water partition coefficient (Wildman–Crippen LogP) is 3.02. The summed E-state index contributed by atoms with van der Waals surface area (Å²) >= 11 is 1.57. The lowest BCUT2D eigenvalue weighted by molar-refractivity contribution is 0.847. The molecule has 2 heterocycles. The van der Waals surface area contributed by atoms with Crippen LogP contribution < -0.4 is 4.80 Å². The number of hydrogen-bond donors (Lipinski definition) is 0. The summed E-state index contributed by atoms with van der Waals surface area (Å²) in [7, 11) is 1.77. The van der Waals surface area contributed by atoms with E-state index in [1.165, 1.54) is 0 Å². The lowest BCUT2D eigenvalue weighted by Crippen LogP contribution is -2.11. The molecule has 21 heavy (non-hydrogen) atoms. The van der Waals surface area contributed by atoms with Crippen molar-refractivity contribution in [3.05, 3.63) is 70.6 Å². The summed E-state index contributed by atoms with van der Waals surface area (Å²) in [6, 6.07) is 15.9. The fraction of sp³-hybridized carbons (Fsp3) is 0.0625. The monoisotopic (exact) mass is 294 g/mol. The molecule has 2 aromatic heterocycles. The zero-order chi connectivity index (χ0) is 14.5. The molecule has 0 bridgehead atoms. The third-order valence-corrected chi connectivity index (χ3v) is 3.85. The minimum absolute atomic E-state index is 0.817. The summed E-state index contributed by atoms with van der Waals surface area (Å²) in [6.45, 7) is 0. The van der Waals surface area contributed by atoms with Gasteiger partial charge in [-0.1, -0.05) is 36.4 Å². The maximum absolute atomic E-state index is 4.53. The molecule has 1 aromatic carbocycles. The molecule has 0 amide bonds. The molecule has 4 nitrogen and oxygen atoms in total. The highest BCUT2D eigenvalue weighted by molar-refractivity contribution is 7.07. The average Bonchev–Trinajstić information content (AvgIpc) is 2.97. The molecule has 104 valence electrons. The smallest absolute Gasteiger partial charge is 0.205 e. The summed E-state index contributed by atoms with van der Waals surface area (Å²) in [4.78, 5) is 9.37. The lowest BCUT2D eigenvalue weighted by Gasteiger charge is -2.02. The Morgan fingerprint density at radius 1 is 1.10 bits per heavy atom. The van der Waals surface area contributed by atoms with Crippen LogP contribution in [0, 0.1) is 0 Å². The van der Waals surface area contributed by atoms with E-state index in [1.54, 1.807) is 30.8 Å². The van der Waals surface area contributed by atoms with Crippen molar-refractivity contribution in [2.45, 2.75) is 0 Å². The Kier molecular flexibility index (Phi) is 4.02. The molecule has 3 rings (SSSR count). The van der Waals surface area contributed by atoms with Gasteiger partial charge < -0.3 is 0 Å². The Morgan fingerprint density at radius 3 is 2.62 bits per heavy atom. The van der Waals surface area contributed by atoms with Gasteiger partial charge in [0.1, 0.15) is 0 Å². The van der Waals surface area contributed by atoms with Crippen molar-refractivity contribution >= 4 is 17.6 Å². The van der Waals surface area contributed by atoms with Gasteiger partial charge in [-0.3, -0.25) is 9.98 Å². The summed E-state index contributed by atoms with van der Waals surface area (Å²) in [5.41, 5.74) is 2.95. The van der Waals surface area contributed by atoms with Crippen LogP contribution in [0.2, 0.25) is 0 Å². The highest BCUT2D eigenvalue weighted by Gasteiger charge is 2.06. The Labute approximate surface area is 126 Å². The molecule has 3 aromatic rings. The second-order valence-electron chi connectivity index (χ2n) is 4.30. The third-order valence-electron chi connectivity index (χ3n) is 2.94. The van der Waals surface area contributed by atoms with E-state index in [0.29, 0.717) is 0 Å². The van der Waals surface area contributed by atoms with Crippen LogP contribution in [0.4, 0.5) is 0 Å². The largest absolute Gasteiger partial charge is 0.261 e. The third kappa shape index (κ3) is 2.98. The molecule has 0 N–H and O–H groups in total. The van der Waals surface area contributed by atoms with E-state index >= 15 is 0 Å². The normalized spacial score (nSPS) is 12.1. The van der Waals surface area contributed by atoms with E-state index in [9.17, 15) is 0 Å². The number of rotatable bonds is 3. The molecule has 0 saturated carbocycles. The fourth-order valence-electron chi connectivity index (χ4n) is 1.94. The summed E-state index contributed by atoms with van der Waals surface area (Å²) < 4.78 is 1.84. The van der Waals surface area contributed by atoms with Crippen LogP contribution in [0.5, 0.6) is 0 Å². The van der Waals surface area contributed by atoms with E-state index < -0.39 is 0 Å². The van der Waals surface area contributed by atoms with Crippen molar-refractivity contribution in [2.24, 2.45) is 10.1 Å². The van der Waals surface area contributed by atoms with Gasteiger partial charge in [0.15, 0.2) is 0 Å². The SMILES string of the molecule is CN=c1scc(-c2ccccc2)n1/N=C/c1ccccn1. The average molecular weight is 294 g/mol. The van der Waals surface area contributed by atoms with Crippen molar-refractivity contribution in [3.8, 4) is 11.3 Å². The van der Waals surface area contributed by atoms with Gasteiger partial charge in [0.05, 0.1) is 17.6 Å². The first kappa shape index (κ1) is 13.5. The number of aromatic nitrogens is 2. The first-order valence-electron chi connectivity index (χ1n) is 6.52. The van der Waals surface area contributed by atoms with E-state index in [1.807, 2.05) is 41.1 Å². The van der Waals surface area contributed by atoms with Gasteiger partial charge >= 0.3 is 0 Å². The van der Waals surface area contributed by atoms with Gasteiger partial charge in [0, 0.05) is 24.2 Å². The lowest BCUT2D eigenvalue weighted by atomic mass is 10.2. The number of pyridine rings is 1. The number of hydrogen-bond acceptors (Lipinski definition) is 4. The van der Waals surface area contributed by atoms with Crippen molar-refractivity contribution in [1.29, 1.82) is 0 Å². The van der Waals surface area contributed by atoms with Crippen LogP contribution in [-0.2, 0) is 0 Å². The van der Waals surface area contributed by atoms with Gasteiger partial charge in [0.2, 0.25) is 4.80 Å². The standard InChI is InChI=1S/C16H14N4S/c1-17-16-20(19-11-14-9-5-6-10-18-14)15(12-21-16)13-7-3-2-4-8-13/h2-12H,1H3/b17-16?,19-11+. The minimum atomic E-state index is 0.817. The second kappa shape index (κ2) is 6.28. The highest BCUT2D eigenvalue weighted by atomic mass is 32.1. The number of thiazole rings is 1. The molecule has 0 aliphatic heterocycles. The van der Waals surface area contributed by atoms with Crippen molar-refractivity contribution < 1.29 is 0 Å². The Hall–Kier alpha value is -2.53. The van der Waals surface area contributed by atoms with Crippen LogP contribution in [0.1, 0.15) is 5.69 Å². The molecule has 0 unspecified atom stereocenters. The predicted molar refractivity (Wildman–Crippen MR) is 86.5 cm³/mol. The fourth-order valence-corrected chi connectivity index (χ4v) is 2.74. The summed E-state index contributed by atoms with van der Waals surface area (Å²) in [5, 5.41) is 6.59. The first-order chi connectivity index (χ1) is 10.4. The van der Waals surface area contributed by atoms with Gasteiger partial charge in [-0.05, 0) is 12.1 Å². The van der Waals surface area contributed by atoms with E-state index in [0.717, 1.165) is 21.8 Å². The number of nitrogens with zero attached hydrogens (tertiary/aromatic N) is 4. The summed E-state index contributed by atoms with van der Waals surface area (Å²) in [6.07, 6.45) is 3.50. The molecule has 0 fully saturated rings. The molecule has 5 heteroatoms. The minimum Gasteiger partial charge on any atom is -0.261 e. The topological polar surface area (TPSA) is 42.5 Å². The maximum Gasteiger partial charge on any atom is 0.205 e. The molecule has 0 aliphatic carbocycles. The maximum atomic E-state index is 4.53. The van der Waals surface area contributed by atoms with Gasteiger partial charge in [0.25, 0.3) is 0 Å². The Morgan fingerprint density at radius 2 is 1.90 bits per heavy atom. The molecule has 0 spiro atoms. The summed E-state index contributed by atoms with van der Waals surface area (Å²) in [5.74, 6) is 0. The van der Waals surface area contributed by atoms with Crippen LogP contribution >= 0.6 is 11.3 Å². The first-order valence-corrected chi connectivity index (χ1v) is 7.40. The Bertz CT molecular complexity index is 801. The van der Waals surface area contributed by atoms with Crippen LogP contribution in [-0.4, -0.2) is 22.9 Å². The van der Waals surface area contributed by atoms with E-state index in [-0.39, 0.29) is 0 Å². The van der Waals surface area contributed by atoms with Crippen LogP contribution in [0.15, 0.2) is 70.2 Å². The van der Waals surface area contributed by atoms with Crippen LogP contribution in [0.3, 0.4) is 0 Å². The zero-order valence-corrected chi connectivity index (χ0v) is 12.4. The van der Waals surface area contributed by atoms with Crippen molar-refractivity contribution in [3.63, 3.8) is 0 Å². The molecular weight excluding hydrogens is 280 g/mol. The Balaban J connectivity index is 2.06. The van der Waals surface area contributed by atoms with Gasteiger partial charge in [-0.15, -0.1) is 11.3 Å². The molecule has 0 atom stereocenters. The van der Waals surface area contributed by atoms with E-state index in [2.05, 4.69) is 32.6 Å². The van der Waals surface area contributed by atoms with Gasteiger partial charge in [-0.2, -0.15) is 5.10 Å². The van der Waals surface area contributed by atoms with Crippen molar-refractivity contribution in [1.82, 2.24) is 9.66 Å². The molecule has 0 radical (unpaired) electrons.